The van der Waals surface area contributed by atoms with Gasteiger partial charge in [0.15, 0.2) is 0 Å². The van der Waals surface area contributed by atoms with Crippen LogP contribution in [0.25, 0.3) is 11.1 Å². The maximum Gasteiger partial charge on any atom is 0.238 e. The molecule has 3 nitrogen and oxygen atoms in total. The third-order valence-electron chi connectivity index (χ3n) is 5.70. The molecule has 2 bridgehead atoms. The van der Waals surface area contributed by atoms with Crippen LogP contribution in [-0.4, -0.2) is 11.8 Å². The molecule has 24 heavy (non-hydrogen) atoms. The zero-order valence-electron chi connectivity index (χ0n) is 13.1. The first-order valence-corrected chi connectivity index (χ1v) is 8.46. The van der Waals surface area contributed by atoms with Gasteiger partial charge in [-0.15, -0.1) is 0 Å². The number of hydrogen-bond donors (Lipinski definition) is 0. The van der Waals surface area contributed by atoms with Crippen molar-refractivity contribution in [1.82, 2.24) is 0 Å². The molecule has 3 heteroatoms. The second-order valence-electron chi connectivity index (χ2n) is 6.89. The maximum atomic E-state index is 13.0. The van der Waals surface area contributed by atoms with E-state index in [1.54, 1.807) is 0 Å². The van der Waals surface area contributed by atoms with Crippen LogP contribution in [0.2, 0.25) is 0 Å². The Morgan fingerprint density at radius 3 is 2.00 bits per heavy atom. The fraction of sp³-hybridized carbons (Fsp3) is 0.238. The smallest absolute Gasteiger partial charge is 0.238 e. The van der Waals surface area contributed by atoms with Crippen LogP contribution < -0.4 is 4.90 Å². The summed E-state index contributed by atoms with van der Waals surface area (Å²) in [6, 6.07) is 17.6. The molecule has 2 amide bonds. The summed E-state index contributed by atoms with van der Waals surface area (Å²) in [5.74, 6) is 0.124. The largest absolute Gasteiger partial charge is 0.274 e. The van der Waals surface area contributed by atoms with Crippen molar-refractivity contribution >= 4 is 17.5 Å². The van der Waals surface area contributed by atoms with Gasteiger partial charge in [0.05, 0.1) is 17.5 Å². The average molecular weight is 315 g/mol. The summed E-state index contributed by atoms with van der Waals surface area (Å²) in [5, 5.41) is 0. The fourth-order valence-corrected chi connectivity index (χ4v) is 4.67. The SMILES string of the molecule is O=C1[C@@H]2[C@@H](C(=O)N1c1ccccc1-c1ccccc1)[C@H]1C=C[C@H]2C1. The lowest BCUT2D eigenvalue weighted by Gasteiger charge is -2.20. The molecule has 1 saturated heterocycles. The topological polar surface area (TPSA) is 37.4 Å². The Hall–Kier alpha value is -2.68. The predicted molar refractivity (Wildman–Crippen MR) is 92.1 cm³/mol. The fourth-order valence-electron chi connectivity index (χ4n) is 4.67. The summed E-state index contributed by atoms with van der Waals surface area (Å²) < 4.78 is 0. The molecule has 3 aliphatic rings. The molecule has 1 saturated carbocycles. The number of carbonyl (C=O) groups excluding carboxylic acids is 2. The summed E-state index contributed by atoms with van der Waals surface area (Å²) in [4.78, 5) is 27.5. The Morgan fingerprint density at radius 1 is 0.750 bits per heavy atom. The van der Waals surface area contributed by atoms with Gasteiger partial charge in [-0.2, -0.15) is 0 Å². The molecule has 2 aromatic rings. The molecule has 0 aromatic heterocycles. The molecule has 0 unspecified atom stereocenters. The first kappa shape index (κ1) is 13.7. The van der Waals surface area contributed by atoms with Crippen LogP contribution in [0.3, 0.4) is 0 Å². The van der Waals surface area contributed by atoms with Crippen LogP contribution in [0.15, 0.2) is 66.7 Å². The van der Waals surface area contributed by atoms with Crippen molar-refractivity contribution < 1.29 is 9.59 Å². The third kappa shape index (κ3) is 1.72. The number of para-hydroxylation sites is 1. The molecule has 2 fully saturated rings. The van der Waals surface area contributed by atoms with Gasteiger partial charge in [0, 0.05) is 5.56 Å². The molecule has 1 heterocycles. The molecule has 1 aliphatic heterocycles. The molecule has 2 aliphatic carbocycles. The maximum absolute atomic E-state index is 13.0. The van der Waals surface area contributed by atoms with E-state index >= 15 is 0 Å². The van der Waals surface area contributed by atoms with Gasteiger partial charge in [-0.3, -0.25) is 9.59 Å². The zero-order valence-corrected chi connectivity index (χ0v) is 13.1. The van der Waals surface area contributed by atoms with Gasteiger partial charge in [-0.05, 0) is 29.9 Å². The van der Waals surface area contributed by atoms with Gasteiger partial charge in [0.2, 0.25) is 11.8 Å². The third-order valence-corrected chi connectivity index (χ3v) is 5.70. The Morgan fingerprint density at radius 2 is 1.33 bits per heavy atom. The summed E-state index contributed by atoms with van der Waals surface area (Å²) in [7, 11) is 0. The van der Waals surface area contributed by atoms with E-state index in [2.05, 4.69) is 12.2 Å². The number of nitrogens with zero attached hydrogens (tertiary/aromatic N) is 1. The summed E-state index contributed by atoms with van der Waals surface area (Å²) >= 11 is 0. The number of allylic oxidation sites excluding steroid dienone is 2. The summed E-state index contributed by atoms with van der Waals surface area (Å²) in [5.41, 5.74) is 2.67. The zero-order chi connectivity index (χ0) is 16.3. The lowest BCUT2D eigenvalue weighted by atomic mass is 9.85. The van der Waals surface area contributed by atoms with E-state index in [0.717, 1.165) is 17.5 Å². The highest BCUT2D eigenvalue weighted by Crippen LogP contribution is 2.53. The summed E-state index contributed by atoms with van der Waals surface area (Å²) in [6.07, 6.45) is 5.22. The monoisotopic (exact) mass is 315 g/mol. The normalized spacial score (nSPS) is 30.2. The van der Waals surface area contributed by atoms with E-state index < -0.39 is 0 Å². The van der Waals surface area contributed by atoms with E-state index in [0.29, 0.717) is 5.69 Å². The quantitative estimate of drug-likeness (QED) is 0.626. The van der Waals surface area contributed by atoms with E-state index in [1.807, 2.05) is 54.6 Å². The lowest BCUT2D eigenvalue weighted by Crippen LogP contribution is -2.33. The predicted octanol–water partition coefficient (Wildman–Crippen LogP) is 3.67. The van der Waals surface area contributed by atoms with Crippen molar-refractivity contribution in [1.29, 1.82) is 0 Å². The minimum Gasteiger partial charge on any atom is -0.274 e. The van der Waals surface area contributed by atoms with Gasteiger partial charge in [-0.25, -0.2) is 4.90 Å². The molecular weight excluding hydrogens is 298 g/mol. The minimum atomic E-state index is -0.156. The Bertz CT molecular complexity index is 840. The number of carbonyl (C=O) groups is 2. The van der Waals surface area contributed by atoms with Crippen molar-refractivity contribution in [2.24, 2.45) is 23.7 Å². The van der Waals surface area contributed by atoms with E-state index in [1.165, 1.54) is 4.90 Å². The Kier molecular flexibility index (Phi) is 2.81. The van der Waals surface area contributed by atoms with Crippen LogP contribution in [0.5, 0.6) is 0 Å². The van der Waals surface area contributed by atoms with Gasteiger partial charge < -0.3 is 0 Å². The first-order valence-electron chi connectivity index (χ1n) is 8.46. The van der Waals surface area contributed by atoms with Gasteiger partial charge in [-0.1, -0.05) is 60.7 Å². The van der Waals surface area contributed by atoms with Crippen molar-refractivity contribution in [3.05, 3.63) is 66.7 Å². The van der Waals surface area contributed by atoms with Crippen molar-refractivity contribution in [2.75, 3.05) is 4.90 Å². The van der Waals surface area contributed by atoms with Crippen LogP contribution in [-0.2, 0) is 9.59 Å². The number of imide groups is 1. The number of rotatable bonds is 2. The first-order chi connectivity index (χ1) is 11.8. The number of benzene rings is 2. The minimum absolute atomic E-state index is 0.0229. The standard InChI is InChI=1S/C21H17NO2/c23-20-18-14-10-11-15(12-14)19(18)21(24)22(20)17-9-5-4-8-16(17)13-6-2-1-3-7-13/h1-11,14-15,18-19H,12H2/t14-,15-,18-,19-/m0/s1. The van der Waals surface area contributed by atoms with Gasteiger partial charge in [0.25, 0.3) is 0 Å². The highest BCUT2D eigenvalue weighted by Gasteiger charge is 2.59. The number of fused-ring (bicyclic) bond motifs is 5. The molecule has 0 N–H and O–H groups in total. The molecule has 0 radical (unpaired) electrons. The molecule has 2 aromatic carbocycles. The van der Waals surface area contributed by atoms with Crippen molar-refractivity contribution in [3.8, 4) is 11.1 Å². The molecule has 4 atom stereocenters. The van der Waals surface area contributed by atoms with Crippen molar-refractivity contribution in [2.45, 2.75) is 6.42 Å². The number of amides is 2. The van der Waals surface area contributed by atoms with Gasteiger partial charge >= 0.3 is 0 Å². The van der Waals surface area contributed by atoms with Gasteiger partial charge in [0.1, 0.15) is 0 Å². The highest BCUT2D eigenvalue weighted by molar-refractivity contribution is 6.24. The number of hydrogen-bond acceptors (Lipinski definition) is 2. The Labute approximate surface area is 140 Å². The van der Waals surface area contributed by atoms with Crippen LogP contribution in [0, 0.1) is 23.7 Å². The number of anilines is 1. The molecular formula is C21H17NO2. The lowest BCUT2D eigenvalue weighted by molar-refractivity contribution is -0.123. The highest BCUT2D eigenvalue weighted by atomic mass is 16.2. The second kappa shape index (κ2) is 4.91. The van der Waals surface area contributed by atoms with Crippen LogP contribution >= 0.6 is 0 Å². The molecule has 118 valence electrons. The Balaban J connectivity index is 1.61. The second-order valence-corrected chi connectivity index (χ2v) is 6.89. The average Bonchev–Trinajstić information content (AvgIpc) is 3.30. The summed E-state index contributed by atoms with van der Waals surface area (Å²) in [6.45, 7) is 0. The van der Waals surface area contributed by atoms with Crippen molar-refractivity contribution in [3.63, 3.8) is 0 Å². The van der Waals surface area contributed by atoms with Crippen LogP contribution in [0.1, 0.15) is 6.42 Å². The molecule has 5 rings (SSSR count). The van der Waals surface area contributed by atoms with E-state index in [4.69, 9.17) is 0 Å². The molecule has 0 spiro atoms. The van der Waals surface area contributed by atoms with E-state index in [9.17, 15) is 9.59 Å². The van der Waals surface area contributed by atoms with Crippen LogP contribution in [0.4, 0.5) is 5.69 Å². The van der Waals surface area contributed by atoms with E-state index in [-0.39, 0.29) is 35.5 Å².